The van der Waals surface area contributed by atoms with E-state index in [-0.39, 0.29) is 5.41 Å². The minimum absolute atomic E-state index is 0.107. The molecule has 4 atom stereocenters. The van der Waals surface area contributed by atoms with Crippen molar-refractivity contribution < 1.29 is 4.79 Å². The van der Waals surface area contributed by atoms with Gasteiger partial charge in [-0.05, 0) is 62.2 Å². The van der Waals surface area contributed by atoms with Gasteiger partial charge >= 0.3 is 0 Å². The number of carbonyl (C=O) groups is 1. The zero-order valence-electron chi connectivity index (χ0n) is 14.7. The van der Waals surface area contributed by atoms with Crippen LogP contribution in [0, 0.1) is 22.2 Å². The number of nitrogens with zero attached hydrogens (tertiary/aromatic N) is 2. The van der Waals surface area contributed by atoms with E-state index in [9.17, 15) is 4.79 Å². The van der Waals surface area contributed by atoms with Crippen LogP contribution in [0.2, 0.25) is 0 Å². The van der Waals surface area contributed by atoms with E-state index < -0.39 is 0 Å². The zero-order chi connectivity index (χ0) is 16.3. The molecule has 4 nitrogen and oxygen atoms in total. The number of hydrogen-bond acceptors (Lipinski definition) is 2. The van der Waals surface area contributed by atoms with Crippen molar-refractivity contribution in [2.75, 3.05) is 0 Å². The number of aromatic nitrogens is 2. The normalized spacial score (nSPS) is 41.3. The molecule has 4 aliphatic carbocycles. The number of amides is 1. The summed E-state index contributed by atoms with van der Waals surface area (Å²) >= 11 is 0. The molecule has 1 aromatic heterocycles. The van der Waals surface area contributed by atoms with Crippen molar-refractivity contribution in [2.24, 2.45) is 22.2 Å². The summed E-state index contributed by atoms with van der Waals surface area (Å²) in [5, 5.41) is 7.53. The van der Waals surface area contributed by atoms with Crippen LogP contribution in [-0.2, 0) is 17.9 Å². The van der Waals surface area contributed by atoms with Crippen molar-refractivity contribution in [3.05, 3.63) is 18.0 Å². The van der Waals surface area contributed by atoms with Gasteiger partial charge < -0.3 is 5.32 Å². The highest BCUT2D eigenvalue weighted by molar-refractivity contribution is 5.83. The smallest absolute Gasteiger partial charge is 0.226 e. The van der Waals surface area contributed by atoms with E-state index in [2.05, 4.69) is 31.2 Å². The fourth-order valence-electron chi connectivity index (χ4n) is 6.74. The molecule has 1 heterocycles. The van der Waals surface area contributed by atoms with Gasteiger partial charge in [-0.2, -0.15) is 5.10 Å². The van der Waals surface area contributed by atoms with Crippen molar-refractivity contribution in [3.8, 4) is 0 Å². The van der Waals surface area contributed by atoms with Gasteiger partial charge in [0.15, 0.2) is 0 Å². The molecule has 0 aliphatic heterocycles. The van der Waals surface area contributed by atoms with Crippen LogP contribution in [0.25, 0.3) is 0 Å². The monoisotopic (exact) mass is 315 g/mol. The van der Waals surface area contributed by atoms with Gasteiger partial charge in [0.25, 0.3) is 0 Å². The standard InChI is InChI=1S/C19H29N3O/c1-4-22-10-15(9-21-22)8-20-16(23)19-7-14-5-17(2,12-19)11-18(3,6-14)13-19/h9-10,14H,4-8,11-13H2,1-3H3,(H,20,23)/t14?,17-,18+,19?. The third kappa shape index (κ3) is 2.50. The SMILES string of the molecule is CCn1cc(CNC(=O)C23CC4C[C@@](C)(C2)C[C@](C)(C4)C3)cn1. The molecule has 0 saturated heterocycles. The molecule has 126 valence electrons. The Morgan fingerprint density at radius 1 is 1.26 bits per heavy atom. The number of hydrogen-bond donors (Lipinski definition) is 1. The quantitative estimate of drug-likeness (QED) is 0.924. The Kier molecular flexibility index (Phi) is 3.20. The van der Waals surface area contributed by atoms with Gasteiger partial charge in [-0.25, -0.2) is 0 Å². The zero-order valence-corrected chi connectivity index (χ0v) is 14.7. The second-order valence-corrected chi connectivity index (χ2v) is 9.30. The van der Waals surface area contributed by atoms with Crippen LogP contribution in [0.4, 0.5) is 0 Å². The van der Waals surface area contributed by atoms with Crippen molar-refractivity contribution in [3.63, 3.8) is 0 Å². The van der Waals surface area contributed by atoms with Gasteiger partial charge in [-0.15, -0.1) is 0 Å². The third-order valence-corrected chi connectivity index (χ3v) is 6.57. The lowest BCUT2D eigenvalue weighted by atomic mass is 9.40. The fourth-order valence-corrected chi connectivity index (χ4v) is 6.74. The lowest BCUT2D eigenvalue weighted by Gasteiger charge is -2.64. The second-order valence-electron chi connectivity index (χ2n) is 9.30. The van der Waals surface area contributed by atoms with Crippen LogP contribution in [0.5, 0.6) is 0 Å². The van der Waals surface area contributed by atoms with Gasteiger partial charge in [0.1, 0.15) is 0 Å². The number of rotatable bonds is 4. The largest absolute Gasteiger partial charge is 0.351 e. The van der Waals surface area contributed by atoms with Crippen molar-refractivity contribution in [1.82, 2.24) is 15.1 Å². The van der Waals surface area contributed by atoms with E-state index in [0.29, 0.717) is 23.3 Å². The lowest BCUT2D eigenvalue weighted by molar-refractivity contribution is -0.170. The first-order valence-corrected chi connectivity index (χ1v) is 9.14. The molecule has 0 radical (unpaired) electrons. The van der Waals surface area contributed by atoms with E-state index >= 15 is 0 Å². The van der Waals surface area contributed by atoms with E-state index in [1.54, 1.807) is 0 Å². The molecular weight excluding hydrogens is 286 g/mol. The van der Waals surface area contributed by atoms with Crippen LogP contribution in [-0.4, -0.2) is 15.7 Å². The van der Waals surface area contributed by atoms with E-state index in [1.807, 2.05) is 17.1 Å². The summed E-state index contributed by atoms with van der Waals surface area (Å²) < 4.78 is 1.91. The predicted molar refractivity (Wildman–Crippen MR) is 89.6 cm³/mol. The average molecular weight is 315 g/mol. The molecule has 2 unspecified atom stereocenters. The van der Waals surface area contributed by atoms with Crippen LogP contribution in [0.1, 0.15) is 64.9 Å². The van der Waals surface area contributed by atoms with Gasteiger partial charge in [0, 0.05) is 24.8 Å². The summed E-state index contributed by atoms with van der Waals surface area (Å²) in [6, 6.07) is 0. The maximum Gasteiger partial charge on any atom is 0.226 e. The fraction of sp³-hybridized carbons (Fsp3) is 0.789. The Morgan fingerprint density at radius 3 is 2.52 bits per heavy atom. The number of nitrogens with one attached hydrogen (secondary N) is 1. The Bertz CT molecular complexity index is 616. The first-order valence-electron chi connectivity index (χ1n) is 9.14. The number of carbonyl (C=O) groups excluding carboxylic acids is 1. The van der Waals surface area contributed by atoms with Gasteiger partial charge in [0.2, 0.25) is 5.91 Å². The van der Waals surface area contributed by atoms with Crippen LogP contribution >= 0.6 is 0 Å². The van der Waals surface area contributed by atoms with Crippen LogP contribution in [0.3, 0.4) is 0 Å². The lowest BCUT2D eigenvalue weighted by Crippen LogP contribution is -2.59. The maximum absolute atomic E-state index is 13.1. The average Bonchev–Trinajstić information content (AvgIpc) is 2.88. The summed E-state index contributed by atoms with van der Waals surface area (Å²) in [5.74, 6) is 1.05. The molecule has 4 bridgehead atoms. The van der Waals surface area contributed by atoms with Crippen molar-refractivity contribution in [2.45, 2.75) is 72.4 Å². The minimum atomic E-state index is -0.107. The van der Waals surface area contributed by atoms with E-state index in [4.69, 9.17) is 0 Å². The van der Waals surface area contributed by atoms with E-state index in [0.717, 1.165) is 37.3 Å². The summed E-state index contributed by atoms with van der Waals surface area (Å²) in [4.78, 5) is 13.1. The predicted octanol–water partition coefficient (Wildman–Crippen LogP) is 3.52. The molecule has 1 amide bonds. The first kappa shape index (κ1) is 15.2. The van der Waals surface area contributed by atoms with Gasteiger partial charge in [-0.3, -0.25) is 9.48 Å². The second kappa shape index (κ2) is 4.84. The molecule has 5 rings (SSSR count). The Balaban J connectivity index is 1.49. The van der Waals surface area contributed by atoms with E-state index in [1.165, 1.54) is 19.3 Å². The first-order chi connectivity index (χ1) is 10.8. The molecule has 1 aromatic rings. The van der Waals surface area contributed by atoms with Gasteiger partial charge in [-0.1, -0.05) is 13.8 Å². The summed E-state index contributed by atoms with van der Waals surface area (Å²) in [5.41, 5.74) is 1.77. The Hall–Kier alpha value is -1.32. The summed E-state index contributed by atoms with van der Waals surface area (Å²) in [6.45, 7) is 8.40. The van der Waals surface area contributed by atoms with Gasteiger partial charge in [0.05, 0.1) is 11.6 Å². The molecule has 23 heavy (non-hydrogen) atoms. The Morgan fingerprint density at radius 2 is 1.96 bits per heavy atom. The third-order valence-electron chi connectivity index (χ3n) is 6.57. The maximum atomic E-state index is 13.1. The summed E-state index contributed by atoms with van der Waals surface area (Å²) in [6.07, 6.45) is 11.2. The molecule has 4 aliphatic rings. The molecule has 0 aromatic carbocycles. The Labute approximate surface area is 139 Å². The molecule has 1 N–H and O–H groups in total. The topological polar surface area (TPSA) is 46.9 Å². The van der Waals surface area contributed by atoms with Crippen LogP contribution in [0.15, 0.2) is 12.4 Å². The van der Waals surface area contributed by atoms with Crippen molar-refractivity contribution >= 4 is 5.91 Å². The molecule has 4 fully saturated rings. The molecular formula is C19H29N3O. The summed E-state index contributed by atoms with van der Waals surface area (Å²) in [7, 11) is 0. The highest BCUT2D eigenvalue weighted by Crippen LogP contribution is 2.69. The highest BCUT2D eigenvalue weighted by Gasteiger charge is 2.62. The highest BCUT2D eigenvalue weighted by atomic mass is 16.2. The minimum Gasteiger partial charge on any atom is -0.351 e. The molecule has 4 saturated carbocycles. The number of aryl methyl sites for hydroxylation is 1. The van der Waals surface area contributed by atoms with Crippen molar-refractivity contribution in [1.29, 1.82) is 0 Å². The molecule has 4 heteroatoms. The molecule has 0 spiro atoms. The van der Waals surface area contributed by atoms with Crippen LogP contribution < -0.4 is 5.32 Å².